The summed E-state index contributed by atoms with van der Waals surface area (Å²) in [6.45, 7) is 10.2. The van der Waals surface area contributed by atoms with Crippen LogP contribution in [0.15, 0.2) is 42.5 Å². The van der Waals surface area contributed by atoms with Crippen LogP contribution in [0.5, 0.6) is 5.75 Å². The highest BCUT2D eigenvalue weighted by Gasteiger charge is 2.21. The second-order valence-electron chi connectivity index (χ2n) is 6.66. The van der Waals surface area contributed by atoms with Crippen LogP contribution in [0, 0.1) is 13.8 Å². The smallest absolute Gasteiger partial charge is 0.261 e. The fourth-order valence-electron chi connectivity index (χ4n) is 2.92. The number of nitrogens with one attached hydrogen (secondary N) is 1. The standard InChI is InChI=1S/C22H29NO2/c1-6-18-8-10-19(11-9-18)17(5)23-22(24)21(7-2)25-20-13-15(3)12-16(4)14-20/h8-14,17,21H,6-7H2,1-5H3,(H,23,24)/t17-,21+/m1/s1. The summed E-state index contributed by atoms with van der Waals surface area (Å²) >= 11 is 0. The minimum atomic E-state index is -0.487. The molecule has 0 aliphatic rings. The molecule has 2 aromatic rings. The van der Waals surface area contributed by atoms with E-state index in [1.54, 1.807) is 0 Å². The maximum Gasteiger partial charge on any atom is 0.261 e. The lowest BCUT2D eigenvalue weighted by molar-refractivity contribution is -0.128. The predicted molar refractivity (Wildman–Crippen MR) is 103 cm³/mol. The third kappa shape index (κ3) is 5.35. The predicted octanol–water partition coefficient (Wildman–Crippen LogP) is 4.90. The van der Waals surface area contributed by atoms with Gasteiger partial charge in [-0.3, -0.25) is 4.79 Å². The Kier molecular flexibility index (Phi) is 6.63. The molecule has 0 radical (unpaired) electrons. The second kappa shape index (κ2) is 8.70. The van der Waals surface area contributed by atoms with Crippen molar-refractivity contribution in [3.05, 3.63) is 64.7 Å². The Morgan fingerprint density at radius 3 is 2.16 bits per heavy atom. The van der Waals surface area contributed by atoms with Crippen molar-refractivity contribution >= 4 is 5.91 Å². The Hall–Kier alpha value is -2.29. The van der Waals surface area contributed by atoms with E-state index in [-0.39, 0.29) is 11.9 Å². The molecule has 1 amide bonds. The SMILES string of the molecule is CCc1ccc([C@@H](C)NC(=O)[C@H](CC)Oc2cc(C)cc(C)c2)cc1. The second-order valence-corrected chi connectivity index (χ2v) is 6.66. The van der Waals surface area contributed by atoms with E-state index in [4.69, 9.17) is 4.74 Å². The summed E-state index contributed by atoms with van der Waals surface area (Å²) in [5, 5.41) is 3.07. The summed E-state index contributed by atoms with van der Waals surface area (Å²) in [4.78, 5) is 12.6. The fourth-order valence-corrected chi connectivity index (χ4v) is 2.92. The van der Waals surface area contributed by atoms with Gasteiger partial charge in [0.15, 0.2) is 6.10 Å². The highest BCUT2D eigenvalue weighted by molar-refractivity contribution is 5.81. The molecule has 134 valence electrons. The Labute approximate surface area is 151 Å². The first-order valence-electron chi connectivity index (χ1n) is 9.07. The molecule has 2 atom stereocenters. The van der Waals surface area contributed by atoms with E-state index in [0.717, 1.165) is 28.9 Å². The van der Waals surface area contributed by atoms with Crippen molar-refractivity contribution in [3.63, 3.8) is 0 Å². The third-order valence-corrected chi connectivity index (χ3v) is 4.38. The number of carbonyl (C=O) groups excluding carboxylic acids is 1. The zero-order valence-electron chi connectivity index (χ0n) is 15.9. The number of hydrogen-bond donors (Lipinski definition) is 1. The number of aryl methyl sites for hydroxylation is 3. The van der Waals surface area contributed by atoms with E-state index in [2.05, 4.69) is 42.6 Å². The van der Waals surface area contributed by atoms with Crippen LogP contribution in [-0.4, -0.2) is 12.0 Å². The normalized spacial score (nSPS) is 13.2. The molecule has 0 aliphatic carbocycles. The minimum Gasteiger partial charge on any atom is -0.481 e. The highest BCUT2D eigenvalue weighted by Crippen LogP contribution is 2.19. The molecule has 0 saturated heterocycles. The van der Waals surface area contributed by atoms with Crippen molar-refractivity contribution in [2.24, 2.45) is 0 Å². The van der Waals surface area contributed by atoms with Gasteiger partial charge in [0.25, 0.3) is 5.91 Å². The van der Waals surface area contributed by atoms with Gasteiger partial charge in [0.05, 0.1) is 6.04 Å². The number of amides is 1. The van der Waals surface area contributed by atoms with Crippen LogP contribution in [0.1, 0.15) is 55.5 Å². The molecule has 0 unspecified atom stereocenters. The van der Waals surface area contributed by atoms with Crippen molar-refractivity contribution < 1.29 is 9.53 Å². The summed E-state index contributed by atoms with van der Waals surface area (Å²) in [7, 11) is 0. The molecule has 0 aliphatic heterocycles. The maximum absolute atomic E-state index is 12.6. The van der Waals surface area contributed by atoms with E-state index >= 15 is 0 Å². The van der Waals surface area contributed by atoms with Gasteiger partial charge in [0.2, 0.25) is 0 Å². The topological polar surface area (TPSA) is 38.3 Å². The molecule has 2 aromatic carbocycles. The van der Waals surface area contributed by atoms with E-state index in [0.29, 0.717) is 6.42 Å². The molecular weight excluding hydrogens is 310 g/mol. The van der Waals surface area contributed by atoms with Gasteiger partial charge >= 0.3 is 0 Å². The molecule has 0 heterocycles. The molecule has 0 bridgehead atoms. The Morgan fingerprint density at radius 2 is 1.64 bits per heavy atom. The first-order chi connectivity index (χ1) is 11.9. The molecule has 2 rings (SSSR count). The molecule has 25 heavy (non-hydrogen) atoms. The first-order valence-corrected chi connectivity index (χ1v) is 9.07. The molecule has 3 heteroatoms. The number of rotatable bonds is 7. The average molecular weight is 339 g/mol. The lowest BCUT2D eigenvalue weighted by Gasteiger charge is -2.21. The van der Waals surface area contributed by atoms with Gasteiger partial charge < -0.3 is 10.1 Å². The van der Waals surface area contributed by atoms with Crippen molar-refractivity contribution in [2.75, 3.05) is 0 Å². The quantitative estimate of drug-likeness (QED) is 0.779. The van der Waals surface area contributed by atoms with Crippen molar-refractivity contribution in [2.45, 2.75) is 59.6 Å². The summed E-state index contributed by atoms with van der Waals surface area (Å²) in [6.07, 6.45) is 1.15. The monoisotopic (exact) mass is 339 g/mol. The van der Waals surface area contributed by atoms with Gasteiger partial charge in [-0.2, -0.15) is 0 Å². The number of hydrogen-bond acceptors (Lipinski definition) is 2. The lowest BCUT2D eigenvalue weighted by Crippen LogP contribution is -2.39. The maximum atomic E-state index is 12.6. The van der Waals surface area contributed by atoms with E-state index in [1.165, 1.54) is 5.56 Å². The molecule has 0 spiro atoms. The van der Waals surface area contributed by atoms with E-state index < -0.39 is 6.10 Å². The van der Waals surface area contributed by atoms with Crippen molar-refractivity contribution in [1.29, 1.82) is 0 Å². The zero-order valence-corrected chi connectivity index (χ0v) is 15.9. The van der Waals surface area contributed by atoms with Gasteiger partial charge in [-0.05, 0) is 68.0 Å². The van der Waals surface area contributed by atoms with Crippen LogP contribution in [-0.2, 0) is 11.2 Å². The fraction of sp³-hybridized carbons (Fsp3) is 0.409. The first kappa shape index (κ1) is 19.0. The van der Waals surface area contributed by atoms with Gasteiger partial charge in [0, 0.05) is 0 Å². The van der Waals surface area contributed by atoms with Crippen LogP contribution in [0.4, 0.5) is 0 Å². The summed E-state index contributed by atoms with van der Waals surface area (Å²) in [6, 6.07) is 14.4. The molecule has 0 saturated carbocycles. The summed E-state index contributed by atoms with van der Waals surface area (Å²) in [5.74, 6) is 0.674. The molecule has 3 nitrogen and oxygen atoms in total. The zero-order chi connectivity index (χ0) is 18.4. The number of carbonyl (C=O) groups is 1. The lowest BCUT2D eigenvalue weighted by atomic mass is 10.0. The summed E-state index contributed by atoms with van der Waals surface area (Å²) < 4.78 is 5.95. The Morgan fingerprint density at radius 1 is 1.04 bits per heavy atom. The van der Waals surface area contributed by atoms with Crippen molar-refractivity contribution in [3.8, 4) is 5.75 Å². The highest BCUT2D eigenvalue weighted by atomic mass is 16.5. The Bertz CT molecular complexity index is 686. The molecular formula is C22H29NO2. The van der Waals surface area contributed by atoms with Crippen molar-refractivity contribution in [1.82, 2.24) is 5.32 Å². The molecule has 0 fully saturated rings. The molecule has 1 N–H and O–H groups in total. The van der Waals surface area contributed by atoms with E-state index in [1.807, 2.05) is 39.8 Å². The van der Waals surface area contributed by atoms with Crippen LogP contribution >= 0.6 is 0 Å². The third-order valence-electron chi connectivity index (χ3n) is 4.38. The Balaban J connectivity index is 2.03. The summed E-state index contributed by atoms with van der Waals surface area (Å²) in [5.41, 5.74) is 4.67. The van der Waals surface area contributed by atoms with Gasteiger partial charge in [-0.1, -0.05) is 44.2 Å². The number of benzene rings is 2. The van der Waals surface area contributed by atoms with Crippen LogP contribution < -0.4 is 10.1 Å². The number of ether oxygens (including phenoxy) is 1. The molecule has 0 aromatic heterocycles. The van der Waals surface area contributed by atoms with Crippen LogP contribution in [0.25, 0.3) is 0 Å². The van der Waals surface area contributed by atoms with E-state index in [9.17, 15) is 4.79 Å². The van der Waals surface area contributed by atoms with Gasteiger partial charge in [0.1, 0.15) is 5.75 Å². The average Bonchev–Trinajstić information content (AvgIpc) is 2.58. The van der Waals surface area contributed by atoms with Crippen LogP contribution in [0.3, 0.4) is 0 Å². The minimum absolute atomic E-state index is 0.0460. The van der Waals surface area contributed by atoms with Gasteiger partial charge in [-0.25, -0.2) is 0 Å². The van der Waals surface area contributed by atoms with Crippen LogP contribution in [0.2, 0.25) is 0 Å². The van der Waals surface area contributed by atoms with Gasteiger partial charge in [-0.15, -0.1) is 0 Å². The largest absolute Gasteiger partial charge is 0.481 e.